The van der Waals surface area contributed by atoms with Crippen LogP contribution in [0.2, 0.25) is 0 Å². The van der Waals surface area contributed by atoms with Crippen molar-refractivity contribution in [2.75, 3.05) is 6.61 Å². The summed E-state index contributed by atoms with van der Waals surface area (Å²) in [5.74, 6) is 0.0349. The Morgan fingerprint density at radius 1 is 0.224 bits per heavy atom. The van der Waals surface area contributed by atoms with Gasteiger partial charge in [-0.1, -0.05) is 328 Å². The predicted molar refractivity (Wildman–Crippen MR) is 262 cm³/mol. The molecule has 0 bridgehead atoms. The highest BCUT2D eigenvalue weighted by Gasteiger charge is 2.03. The van der Waals surface area contributed by atoms with Gasteiger partial charge < -0.3 is 4.74 Å². The third kappa shape index (κ3) is 53.5. The fourth-order valence-corrected chi connectivity index (χ4v) is 9.08. The van der Waals surface area contributed by atoms with E-state index in [2.05, 4.69) is 13.8 Å². The number of rotatable bonds is 53. The summed E-state index contributed by atoms with van der Waals surface area (Å²) < 4.78 is 5.51. The van der Waals surface area contributed by atoms with Crippen molar-refractivity contribution in [3.63, 3.8) is 0 Å². The van der Waals surface area contributed by atoms with Crippen LogP contribution in [-0.4, -0.2) is 12.6 Å². The summed E-state index contributed by atoms with van der Waals surface area (Å²) in [6.45, 7) is 5.24. The van der Waals surface area contributed by atoms with Crippen LogP contribution in [0.5, 0.6) is 0 Å². The van der Waals surface area contributed by atoms with Gasteiger partial charge in [-0.15, -0.1) is 0 Å². The van der Waals surface area contributed by atoms with Gasteiger partial charge in [-0.2, -0.15) is 0 Å². The zero-order chi connectivity index (χ0) is 41.8. The van der Waals surface area contributed by atoms with E-state index < -0.39 is 0 Å². The molecule has 0 spiro atoms. The van der Waals surface area contributed by atoms with Crippen LogP contribution >= 0.6 is 0 Å². The number of hydrogen-bond donors (Lipinski definition) is 0. The van der Waals surface area contributed by atoms with E-state index in [9.17, 15) is 4.79 Å². The summed E-state index contributed by atoms with van der Waals surface area (Å²) in [6.07, 6.45) is 72.8. The highest BCUT2D eigenvalue weighted by Crippen LogP contribution is 2.18. The summed E-state index contributed by atoms with van der Waals surface area (Å²) in [5, 5.41) is 0. The van der Waals surface area contributed by atoms with Crippen molar-refractivity contribution < 1.29 is 9.53 Å². The fraction of sp³-hybridized carbons (Fsp3) is 0.982. The van der Waals surface area contributed by atoms with Crippen LogP contribution in [0.3, 0.4) is 0 Å². The van der Waals surface area contributed by atoms with Crippen LogP contribution in [0.15, 0.2) is 0 Å². The van der Waals surface area contributed by atoms with E-state index in [1.54, 1.807) is 0 Å². The number of ether oxygens (including phenoxy) is 1. The van der Waals surface area contributed by atoms with E-state index in [4.69, 9.17) is 4.74 Å². The second kappa shape index (κ2) is 54.5. The Hall–Kier alpha value is -0.530. The molecule has 2 heteroatoms. The van der Waals surface area contributed by atoms with E-state index in [0.717, 1.165) is 12.8 Å². The molecule has 2 nitrogen and oxygen atoms in total. The molecule has 0 aliphatic rings. The number of carbonyl (C=O) groups excluding carboxylic acids is 1. The highest BCUT2D eigenvalue weighted by atomic mass is 16.5. The van der Waals surface area contributed by atoms with Gasteiger partial charge in [0.1, 0.15) is 0 Å². The van der Waals surface area contributed by atoms with Crippen molar-refractivity contribution in [3.05, 3.63) is 0 Å². The van der Waals surface area contributed by atoms with E-state index in [1.165, 1.54) is 315 Å². The summed E-state index contributed by atoms with van der Waals surface area (Å²) >= 11 is 0. The molecule has 0 amide bonds. The molecule has 0 heterocycles. The molecular formula is C56H112O2. The van der Waals surface area contributed by atoms with E-state index in [0.29, 0.717) is 13.0 Å². The van der Waals surface area contributed by atoms with Crippen LogP contribution in [-0.2, 0) is 9.53 Å². The van der Waals surface area contributed by atoms with E-state index >= 15 is 0 Å². The molecule has 0 aliphatic carbocycles. The molecule has 0 aromatic carbocycles. The van der Waals surface area contributed by atoms with E-state index in [1.807, 2.05) is 0 Å². The van der Waals surface area contributed by atoms with Gasteiger partial charge in [-0.3, -0.25) is 4.79 Å². The second-order valence-electron chi connectivity index (χ2n) is 19.3. The lowest BCUT2D eigenvalue weighted by Crippen LogP contribution is -2.05. The molecule has 0 unspecified atom stereocenters. The minimum absolute atomic E-state index is 0.0349. The van der Waals surface area contributed by atoms with Crippen LogP contribution in [0.4, 0.5) is 0 Å². The normalized spacial score (nSPS) is 11.6. The lowest BCUT2D eigenvalue weighted by atomic mass is 10.0. The molecule has 0 saturated carbocycles. The Bertz CT molecular complexity index is 717. The summed E-state index contributed by atoms with van der Waals surface area (Å²) in [7, 11) is 0. The topological polar surface area (TPSA) is 26.3 Å². The zero-order valence-corrected chi connectivity index (χ0v) is 40.8. The molecule has 348 valence electrons. The smallest absolute Gasteiger partial charge is 0.305 e. The Kier molecular flexibility index (Phi) is 54.0. The highest BCUT2D eigenvalue weighted by molar-refractivity contribution is 5.69. The summed E-state index contributed by atoms with van der Waals surface area (Å²) in [6, 6.07) is 0. The maximum atomic E-state index is 12.1. The molecule has 0 N–H and O–H groups in total. The van der Waals surface area contributed by atoms with E-state index in [-0.39, 0.29) is 5.97 Å². The van der Waals surface area contributed by atoms with Crippen molar-refractivity contribution in [3.8, 4) is 0 Å². The van der Waals surface area contributed by atoms with Gasteiger partial charge in [-0.25, -0.2) is 0 Å². The first-order valence-electron chi connectivity index (χ1n) is 28.0. The fourth-order valence-electron chi connectivity index (χ4n) is 9.08. The lowest BCUT2D eigenvalue weighted by molar-refractivity contribution is -0.143. The van der Waals surface area contributed by atoms with Crippen LogP contribution in [0.25, 0.3) is 0 Å². The quantitative estimate of drug-likeness (QED) is 0.0451. The average Bonchev–Trinajstić information content (AvgIpc) is 3.23. The average molecular weight is 818 g/mol. The number of carbonyl (C=O) groups is 1. The predicted octanol–water partition coefficient (Wildman–Crippen LogP) is 20.9. The molecule has 0 aromatic rings. The SMILES string of the molecule is CCCCCCCCCCCCCCCCCCCCCCCCCCCCCCCCCCOC(=O)CCCCCCCCCCCCCCCCCCCCC. The molecule has 0 aliphatic heterocycles. The first-order chi connectivity index (χ1) is 28.8. The largest absolute Gasteiger partial charge is 0.466 e. The first kappa shape index (κ1) is 57.5. The molecule has 0 rings (SSSR count). The van der Waals surface area contributed by atoms with Gasteiger partial charge in [0, 0.05) is 6.42 Å². The maximum Gasteiger partial charge on any atom is 0.305 e. The van der Waals surface area contributed by atoms with Crippen LogP contribution in [0, 0.1) is 0 Å². The molecule has 0 atom stereocenters. The van der Waals surface area contributed by atoms with Crippen LogP contribution in [0.1, 0.15) is 348 Å². The Morgan fingerprint density at radius 3 is 0.569 bits per heavy atom. The third-order valence-electron chi connectivity index (χ3n) is 13.2. The summed E-state index contributed by atoms with van der Waals surface area (Å²) in [5.41, 5.74) is 0. The number of unbranched alkanes of at least 4 members (excludes halogenated alkanes) is 49. The van der Waals surface area contributed by atoms with Gasteiger partial charge in [0.15, 0.2) is 0 Å². The molecule has 0 fully saturated rings. The van der Waals surface area contributed by atoms with Gasteiger partial charge in [0.25, 0.3) is 0 Å². The summed E-state index contributed by atoms with van der Waals surface area (Å²) in [4.78, 5) is 12.1. The Morgan fingerprint density at radius 2 is 0.379 bits per heavy atom. The van der Waals surface area contributed by atoms with Crippen molar-refractivity contribution >= 4 is 5.97 Å². The molecule has 0 aromatic heterocycles. The number of hydrogen-bond acceptors (Lipinski definition) is 2. The lowest BCUT2D eigenvalue weighted by Gasteiger charge is -2.06. The second-order valence-corrected chi connectivity index (χ2v) is 19.3. The zero-order valence-electron chi connectivity index (χ0n) is 40.8. The Labute approximate surface area is 368 Å². The molecule has 0 radical (unpaired) electrons. The standard InChI is InChI=1S/C56H112O2/c1-3-5-7-9-11-13-15-17-19-21-23-24-25-26-27-28-29-30-31-32-33-34-35-37-39-41-43-45-47-49-51-53-55-58-56(57)54-52-50-48-46-44-42-40-38-36-22-20-18-16-14-12-10-8-6-4-2/h3-55H2,1-2H3. The van der Waals surface area contributed by atoms with Gasteiger partial charge in [0.2, 0.25) is 0 Å². The van der Waals surface area contributed by atoms with Crippen molar-refractivity contribution in [2.24, 2.45) is 0 Å². The minimum Gasteiger partial charge on any atom is -0.466 e. The first-order valence-corrected chi connectivity index (χ1v) is 28.0. The van der Waals surface area contributed by atoms with Crippen LogP contribution < -0.4 is 0 Å². The van der Waals surface area contributed by atoms with Gasteiger partial charge in [-0.05, 0) is 12.8 Å². The van der Waals surface area contributed by atoms with Crippen molar-refractivity contribution in [2.45, 2.75) is 348 Å². The van der Waals surface area contributed by atoms with Crippen molar-refractivity contribution in [1.82, 2.24) is 0 Å². The maximum absolute atomic E-state index is 12.1. The van der Waals surface area contributed by atoms with Crippen molar-refractivity contribution in [1.29, 1.82) is 0 Å². The monoisotopic (exact) mass is 817 g/mol. The third-order valence-corrected chi connectivity index (χ3v) is 13.2. The number of esters is 1. The van der Waals surface area contributed by atoms with Gasteiger partial charge in [0.05, 0.1) is 6.61 Å². The minimum atomic E-state index is 0.0349. The Balaban J connectivity index is 3.13. The van der Waals surface area contributed by atoms with Gasteiger partial charge >= 0.3 is 5.97 Å². The molecule has 58 heavy (non-hydrogen) atoms. The molecular weight excluding hydrogens is 705 g/mol. The molecule has 0 saturated heterocycles.